The molecule has 1 fully saturated rings. The fourth-order valence-electron chi connectivity index (χ4n) is 8.17. The van der Waals surface area contributed by atoms with E-state index in [2.05, 4.69) is 35.5 Å². The SMILES string of the molecule is CCCCCCCCCC/C=C\CCCCCCCCC(O)C(=O)NC(COC1OC(CO)C(O)C(OS(=O)(=O)O)C1O)C(O)CCCCCCCCCCCCCCCCC. The molecule has 368 valence electrons. The third-order valence-electron chi connectivity index (χ3n) is 12.2. The summed E-state index contributed by atoms with van der Waals surface area (Å²) in [6.45, 7) is 3.29. The van der Waals surface area contributed by atoms with E-state index in [9.17, 15) is 43.3 Å². The first kappa shape index (κ1) is 58.8. The van der Waals surface area contributed by atoms with Crippen LogP contribution in [0.3, 0.4) is 0 Å². The number of rotatable bonds is 43. The first-order chi connectivity index (χ1) is 29.9. The average molecular weight is 908 g/mol. The summed E-state index contributed by atoms with van der Waals surface area (Å²) in [7, 11) is -5.11. The second kappa shape index (κ2) is 39.0. The minimum Gasteiger partial charge on any atom is -0.394 e. The largest absolute Gasteiger partial charge is 0.397 e. The number of unbranched alkanes of at least 4 members (excludes halogenated alkanes) is 28. The van der Waals surface area contributed by atoms with Crippen LogP contribution in [0.15, 0.2) is 12.2 Å². The van der Waals surface area contributed by atoms with Crippen LogP contribution in [0.1, 0.15) is 226 Å². The molecule has 0 spiro atoms. The molecule has 1 heterocycles. The number of hydrogen-bond donors (Lipinski definition) is 7. The zero-order chi connectivity index (χ0) is 45.7. The summed E-state index contributed by atoms with van der Waals surface area (Å²) in [5.41, 5.74) is 0. The number of aliphatic hydroxyl groups excluding tert-OH is 5. The molecule has 13 nitrogen and oxygen atoms in total. The fraction of sp³-hybridized carbons (Fsp3) is 0.938. The lowest BCUT2D eigenvalue weighted by atomic mass is 9.99. The Morgan fingerprint density at radius 1 is 0.629 bits per heavy atom. The van der Waals surface area contributed by atoms with Crippen LogP contribution in [0, 0.1) is 0 Å². The van der Waals surface area contributed by atoms with Crippen molar-refractivity contribution < 1.29 is 57.0 Å². The van der Waals surface area contributed by atoms with Gasteiger partial charge >= 0.3 is 10.4 Å². The summed E-state index contributed by atoms with van der Waals surface area (Å²) >= 11 is 0. The van der Waals surface area contributed by atoms with E-state index in [-0.39, 0.29) is 6.42 Å². The van der Waals surface area contributed by atoms with Gasteiger partial charge in [0.25, 0.3) is 0 Å². The molecule has 8 atom stereocenters. The van der Waals surface area contributed by atoms with Gasteiger partial charge in [0.05, 0.1) is 25.4 Å². The molecule has 0 saturated carbocycles. The molecule has 14 heteroatoms. The molecule has 0 aliphatic carbocycles. The summed E-state index contributed by atoms with van der Waals surface area (Å²) in [6.07, 6.45) is 31.0. The van der Waals surface area contributed by atoms with Crippen molar-refractivity contribution in [3.63, 3.8) is 0 Å². The Morgan fingerprint density at radius 2 is 1.03 bits per heavy atom. The van der Waals surface area contributed by atoms with Crippen LogP contribution in [0.2, 0.25) is 0 Å². The van der Waals surface area contributed by atoms with E-state index in [0.717, 1.165) is 57.8 Å². The minimum absolute atomic E-state index is 0.255. The van der Waals surface area contributed by atoms with Gasteiger partial charge in [0.15, 0.2) is 6.29 Å². The van der Waals surface area contributed by atoms with Crippen molar-refractivity contribution in [3.05, 3.63) is 12.2 Å². The second-order valence-corrected chi connectivity index (χ2v) is 18.9. The highest BCUT2D eigenvalue weighted by Crippen LogP contribution is 2.26. The molecule has 1 aliphatic rings. The van der Waals surface area contributed by atoms with Gasteiger partial charge in [-0.1, -0.05) is 199 Å². The van der Waals surface area contributed by atoms with E-state index in [1.54, 1.807) is 0 Å². The molecule has 1 aliphatic heterocycles. The van der Waals surface area contributed by atoms with Crippen LogP contribution in [0.5, 0.6) is 0 Å². The molecule has 1 amide bonds. The molecule has 0 radical (unpaired) electrons. The lowest BCUT2D eigenvalue weighted by Gasteiger charge is -2.41. The Bertz CT molecular complexity index is 1180. The number of carbonyl (C=O) groups is 1. The molecule has 62 heavy (non-hydrogen) atoms. The van der Waals surface area contributed by atoms with Gasteiger partial charge in [0, 0.05) is 0 Å². The molecule has 1 saturated heterocycles. The molecule has 0 aromatic rings. The third kappa shape index (κ3) is 30.8. The number of nitrogens with one attached hydrogen (secondary N) is 1. The molecule has 7 N–H and O–H groups in total. The Hall–Kier alpha value is -1.20. The van der Waals surface area contributed by atoms with E-state index >= 15 is 0 Å². The second-order valence-electron chi connectivity index (χ2n) is 17.9. The molecular formula is C48H93NO12S. The number of allylic oxidation sites excluding steroid dienone is 2. The van der Waals surface area contributed by atoms with Crippen LogP contribution >= 0.6 is 0 Å². The van der Waals surface area contributed by atoms with Crippen molar-refractivity contribution in [2.75, 3.05) is 13.2 Å². The Kier molecular flexibility index (Phi) is 37.0. The van der Waals surface area contributed by atoms with E-state index < -0.39 is 78.5 Å². The predicted molar refractivity (Wildman–Crippen MR) is 247 cm³/mol. The van der Waals surface area contributed by atoms with Crippen molar-refractivity contribution in [1.82, 2.24) is 5.32 Å². The van der Waals surface area contributed by atoms with Gasteiger partial charge in [-0.05, 0) is 38.5 Å². The topological polar surface area (TPSA) is 212 Å². The van der Waals surface area contributed by atoms with Crippen LogP contribution in [0.4, 0.5) is 0 Å². The monoisotopic (exact) mass is 908 g/mol. The number of hydrogen-bond acceptors (Lipinski definition) is 11. The highest BCUT2D eigenvalue weighted by molar-refractivity contribution is 7.80. The van der Waals surface area contributed by atoms with Crippen LogP contribution in [-0.4, -0.2) is 107 Å². The lowest BCUT2D eigenvalue weighted by molar-refractivity contribution is -0.298. The quantitative estimate of drug-likeness (QED) is 0.0173. The maximum Gasteiger partial charge on any atom is 0.397 e. The average Bonchev–Trinajstić information content (AvgIpc) is 3.24. The first-order valence-electron chi connectivity index (χ1n) is 25.2. The lowest BCUT2D eigenvalue weighted by Crippen LogP contribution is -2.61. The minimum atomic E-state index is -5.11. The summed E-state index contributed by atoms with van der Waals surface area (Å²) in [6, 6.07) is -1.03. The van der Waals surface area contributed by atoms with E-state index in [4.69, 9.17) is 9.47 Å². The van der Waals surface area contributed by atoms with Gasteiger partial charge in [0.2, 0.25) is 5.91 Å². The molecule has 0 aromatic carbocycles. The predicted octanol–water partition coefficient (Wildman–Crippen LogP) is 9.31. The molecule has 0 aromatic heterocycles. The van der Waals surface area contributed by atoms with Gasteiger partial charge in [-0.15, -0.1) is 0 Å². The first-order valence-corrected chi connectivity index (χ1v) is 26.5. The van der Waals surface area contributed by atoms with Gasteiger partial charge < -0.3 is 40.3 Å². The van der Waals surface area contributed by atoms with Gasteiger partial charge in [-0.25, -0.2) is 4.18 Å². The van der Waals surface area contributed by atoms with Crippen molar-refractivity contribution in [2.45, 2.75) is 275 Å². The van der Waals surface area contributed by atoms with Crippen LogP contribution in [0.25, 0.3) is 0 Å². The zero-order valence-corrected chi connectivity index (χ0v) is 39.9. The van der Waals surface area contributed by atoms with Crippen molar-refractivity contribution >= 4 is 16.3 Å². The smallest absolute Gasteiger partial charge is 0.394 e. The zero-order valence-electron chi connectivity index (χ0n) is 39.1. The van der Waals surface area contributed by atoms with Crippen molar-refractivity contribution in [1.29, 1.82) is 0 Å². The van der Waals surface area contributed by atoms with Gasteiger partial charge in [0.1, 0.15) is 30.5 Å². The Balaban J connectivity index is 2.51. The van der Waals surface area contributed by atoms with Gasteiger partial charge in [-0.2, -0.15) is 8.42 Å². The number of carbonyl (C=O) groups excluding carboxylic acids is 1. The summed E-state index contributed by atoms with van der Waals surface area (Å²) in [4.78, 5) is 13.2. The van der Waals surface area contributed by atoms with Gasteiger partial charge in [-0.3, -0.25) is 9.35 Å². The van der Waals surface area contributed by atoms with Crippen molar-refractivity contribution in [3.8, 4) is 0 Å². The van der Waals surface area contributed by atoms with Crippen LogP contribution < -0.4 is 5.32 Å². The Morgan fingerprint density at radius 3 is 1.45 bits per heavy atom. The third-order valence-corrected chi connectivity index (χ3v) is 12.6. The van der Waals surface area contributed by atoms with E-state index in [1.165, 1.54) is 128 Å². The number of aliphatic hydroxyl groups is 5. The molecule has 1 rings (SSSR count). The fourth-order valence-corrected chi connectivity index (χ4v) is 8.68. The van der Waals surface area contributed by atoms with Crippen molar-refractivity contribution in [2.24, 2.45) is 0 Å². The Labute approximate surface area is 377 Å². The normalized spacial score (nSPS) is 21.1. The highest BCUT2D eigenvalue weighted by atomic mass is 32.3. The molecular weight excluding hydrogens is 815 g/mol. The van der Waals surface area contributed by atoms with E-state index in [0.29, 0.717) is 19.3 Å². The highest BCUT2D eigenvalue weighted by Gasteiger charge is 2.48. The summed E-state index contributed by atoms with van der Waals surface area (Å²) in [5.74, 6) is -0.672. The standard InChI is InChI=1S/C48H93NO12S/c1-3-5-7-9-11-13-15-17-19-20-21-23-25-27-29-31-33-35-37-42(52)47(55)49-40(39-59-48-45(54)46(61-62(56,57)58)44(53)43(38-50)60-48)41(51)36-34-32-30-28-26-24-22-18-16-14-12-10-8-6-4-2/h20-21,40-46,48,50-54H,3-19,22-39H2,1-2H3,(H,49,55)(H,56,57,58)/b21-20-. The number of amides is 1. The summed E-state index contributed by atoms with van der Waals surface area (Å²) in [5, 5.41) is 55.5. The van der Waals surface area contributed by atoms with Crippen LogP contribution in [-0.2, 0) is 28.9 Å². The maximum atomic E-state index is 13.2. The van der Waals surface area contributed by atoms with E-state index in [1.807, 2.05) is 0 Å². The molecule has 0 bridgehead atoms. The molecule has 8 unspecified atom stereocenters. The maximum absolute atomic E-state index is 13.2. The number of ether oxygens (including phenoxy) is 2. The summed E-state index contributed by atoms with van der Waals surface area (Å²) < 4.78 is 47.6.